The summed E-state index contributed by atoms with van der Waals surface area (Å²) in [6.07, 6.45) is 10.3. The van der Waals surface area contributed by atoms with Crippen molar-refractivity contribution in [2.45, 2.75) is 58.3 Å². The normalized spacial score (nSPS) is 13.2. The van der Waals surface area contributed by atoms with Crippen molar-refractivity contribution < 1.29 is 13.9 Å². The van der Waals surface area contributed by atoms with E-state index < -0.39 is 6.72 Å². The highest BCUT2D eigenvalue weighted by Gasteiger charge is 2.18. The SMILES string of the molecule is CCCCCCCCCc1ccc(OP(O)(=S)Oc2ccccc2)cc1. The molecule has 0 bridgehead atoms. The molecule has 0 heterocycles. The molecule has 0 radical (unpaired) electrons. The van der Waals surface area contributed by atoms with Gasteiger partial charge in [0.15, 0.2) is 0 Å². The number of hydrogen-bond donors (Lipinski definition) is 1. The van der Waals surface area contributed by atoms with E-state index in [0.717, 1.165) is 6.42 Å². The maximum atomic E-state index is 10.2. The highest BCUT2D eigenvalue weighted by Crippen LogP contribution is 2.44. The molecule has 0 fully saturated rings. The van der Waals surface area contributed by atoms with Gasteiger partial charge in [-0.3, -0.25) is 0 Å². The van der Waals surface area contributed by atoms with Crippen LogP contribution in [0.4, 0.5) is 0 Å². The molecule has 5 heteroatoms. The minimum Gasteiger partial charge on any atom is -0.416 e. The summed E-state index contributed by atoms with van der Waals surface area (Å²) >= 11 is 5.09. The molecular formula is C21H29O3PS. The maximum absolute atomic E-state index is 10.2. The molecule has 1 atom stereocenters. The van der Waals surface area contributed by atoms with Gasteiger partial charge < -0.3 is 13.9 Å². The fourth-order valence-corrected chi connectivity index (χ4v) is 4.10. The van der Waals surface area contributed by atoms with Crippen molar-refractivity contribution >= 4 is 18.5 Å². The van der Waals surface area contributed by atoms with E-state index in [9.17, 15) is 4.89 Å². The number of unbranched alkanes of at least 4 members (excludes halogenated alkanes) is 6. The minimum absolute atomic E-state index is 0.508. The first-order chi connectivity index (χ1) is 12.6. The number of para-hydroxylation sites is 1. The van der Waals surface area contributed by atoms with E-state index in [1.54, 1.807) is 12.1 Å². The molecule has 0 aliphatic rings. The monoisotopic (exact) mass is 392 g/mol. The van der Waals surface area contributed by atoms with Gasteiger partial charge in [0.1, 0.15) is 11.5 Å². The fraction of sp³-hybridized carbons (Fsp3) is 0.429. The van der Waals surface area contributed by atoms with Crippen LogP contribution in [-0.2, 0) is 18.2 Å². The average Bonchev–Trinajstić information content (AvgIpc) is 2.62. The Morgan fingerprint density at radius 2 is 1.31 bits per heavy atom. The zero-order valence-corrected chi connectivity index (χ0v) is 17.2. The summed E-state index contributed by atoms with van der Waals surface area (Å²) in [4.78, 5) is 10.2. The van der Waals surface area contributed by atoms with E-state index in [0.29, 0.717) is 11.5 Å². The number of aryl methyl sites for hydroxylation is 1. The predicted molar refractivity (Wildman–Crippen MR) is 112 cm³/mol. The lowest BCUT2D eigenvalue weighted by Gasteiger charge is -2.17. The van der Waals surface area contributed by atoms with Gasteiger partial charge in [-0.2, -0.15) is 0 Å². The van der Waals surface area contributed by atoms with Crippen molar-refractivity contribution in [2.24, 2.45) is 0 Å². The molecule has 0 aliphatic carbocycles. The van der Waals surface area contributed by atoms with Crippen LogP contribution in [-0.4, -0.2) is 4.89 Å². The summed E-state index contributed by atoms with van der Waals surface area (Å²) < 4.78 is 10.9. The van der Waals surface area contributed by atoms with Gasteiger partial charge in [0.05, 0.1) is 0 Å². The summed E-state index contributed by atoms with van der Waals surface area (Å²) in [6.45, 7) is -1.11. The van der Waals surface area contributed by atoms with Gasteiger partial charge in [-0.15, -0.1) is 0 Å². The van der Waals surface area contributed by atoms with Gasteiger partial charge in [-0.25, -0.2) is 0 Å². The van der Waals surface area contributed by atoms with Crippen LogP contribution >= 0.6 is 6.72 Å². The molecule has 1 N–H and O–H groups in total. The Bertz CT molecular complexity index is 673. The van der Waals surface area contributed by atoms with Crippen molar-refractivity contribution in [1.29, 1.82) is 0 Å². The van der Waals surface area contributed by atoms with Crippen molar-refractivity contribution in [3.63, 3.8) is 0 Å². The van der Waals surface area contributed by atoms with Gasteiger partial charge in [0.2, 0.25) is 0 Å². The van der Waals surface area contributed by atoms with Crippen LogP contribution in [0.5, 0.6) is 11.5 Å². The first-order valence-electron chi connectivity index (χ1n) is 9.45. The lowest BCUT2D eigenvalue weighted by Crippen LogP contribution is -1.99. The molecule has 2 rings (SSSR count). The Kier molecular flexibility index (Phi) is 9.17. The third-order valence-corrected chi connectivity index (χ3v) is 5.51. The summed E-state index contributed by atoms with van der Waals surface area (Å²) in [7, 11) is 0. The Morgan fingerprint density at radius 3 is 1.92 bits per heavy atom. The smallest absolute Gasteiger partial charge is 0.416 e. The molecule has 0 amide bonds. The molecule has 0 aliphatic heterocycles. The first-order valence-corrected chi connectivity index (χ1v) is 12.0. The highest BCUT2D eigenvalue weighted by atomic mass is 32.5. The van der Waals surface area contributed by atoms with Gasteiger partial charge in [-0.1, -0.05) is 75.8 Å². The molecule has 0 spiro atoms. The Balaban J connectivity index is 1.73. The summed E-state index contributed by atoms with van der Waals surface area (Å²) in [5.74, 6) is 1.05. The van der Waals surface area contributed by atoms with E-state index in [-0.39, 0.29) is 0 Å². The van der Waals surface area contributed by atoms with Crippen LogP contribution in [0.1, 0.15) is 57.4 Å². The summed E-state index contributed by atoms with van der Waals surface area (Å²) in [5, 5.41) is 0. The summed E-state index contributed by atoms with van der Waals surface area (Å²) in [6, 6.07) is 16.8. The molecular weight excluding hydrogens is 363 g/mol. The second-order valence-electron chi connectivity index (χ2n) is 6.48. The Morgan fingerprint density at radius 1 is 0.769 bits per heavy atom. The number of hydrogen-bond acceptors (Lipinski definition) is 3. The quantitative estimate of drug-likeness (QED) is 0.324. The van der Waals surface area contributed by atoms with E-state index in [4.69, 9.17) is 20.9 Å². The molecule has 0 saturated heterocycles. The number of benzene rings is 2. The second kappa shape index (κ2) is 11.4. The van der Waals surface area contributed by atoms with E-state index in [2.05, 4.69) is 6.92 Å². The highest BCUT2D eigenvalue weighted by molar-refractivity contribution is 8.07. The van der Waals surface area contributed by atoms with Gasteiger partial charge in [0.25, 0.3) is 0 Å². The van der Waals surface area contributed by atoms with Gasteiger partial charge in [-0.05, 0) is 42.7 Å². The molecule has 142 valence electrons. The number of rotatable bonds is 12. The molecule has 26 heavy (non-hydrogen) atoms. The van der Waals surface area contributed by atoms with Gasteiger partial charge >= 0.3 is 6.72 Å². The standard InChI is InChI=1S/C21H29O3PS/c1-2-3-4-5-6-7-9-12-19-15-17-21(18-16-19)24-25(22,26)23-20-13-10-8-11-14-20/h8,10-11,13-18H,2-7,9,12H2,1H3,(H,22,26). The average molecular weight is 393 g/mol. The van der Waals surface area contributed by atoms with E-state index >= 15 is 0 Å². The topological polar surface area (TPSA) is 38.7 Å². The van der Waals surface area contributed by atoms with Crippen LogP contribution in [0.2, 0.25) is 0 Å². The predicted octanol–water partition coefficient (Wildman–Crippen LogP) is 6.65. The molecule has 1 unspecified atom stereocenters. The lowest BCUT2D eigenvalue weighted by atomic mass is 10.0. The van der Waals surface area contributed by atoms with E-state index in [1.807, 2.05) is 42.5 Å². The Hall–Kier alpha value is -1.35. The largest absolute Gasteiger partial charge is 0.432 e. The Labute approximate surface area is 162 Å². The van der Waals surface area contributed by atoms with Crippen molar-refractivity contribution in [3.05, 3.63) is 60.2 Å². The zero-order chi connectivity index (χ0) is 18.7. The van der Waals surface area contributed by atoms with Crippen molar-refractivity contribution in [1.82, 2.24) is 0 Å². The molecule has 2 aromatic carbocycles. The zero-order valence-electron chi connectivity index (χ0n) is 15.5. The van der Waals surface area contributed by atoms with Crippen molar-refractivity contribution in [3.8, 4) is 11.5 Å². The third-order valence-electron chi connectivity index (χ3n) is 4.18. The van der Waals surface area contributed by atoms with E-state index in [1.165, 1.54) is 50.5 Å². The second-order valence-corrected chi connectivity index (χ2v) is 9.17. The molecule has 3 nitrogen and oxygen atoms in total. The van der Waals surface area contributed by atoms with Crippen LogP contribution in [0.3, 0.4) is 0 Å². The van der Waals surface area contributed by atoms with Crippen LogP contribution < -0.4 is 9.05 Å². The van der Waals surface area contributed by atoms with Crippen LogP contribution in [0.25, 0.3) is 0 Å². The first kappa shape index (κ1) is 21.0. The van der Waals surface area contributed by atoms with Gasteiger partial charge in [0, 0.05) is 11.8 Å². The van der Waals surface area contributed by atoms with Crippen LogP contribution in [0.15, 0.2) is 54.6 Å². The fourth-order valence-electron chi connectivity index (χ4n) is 2.77. The summed E-state index contributed by atoms with van der Waals surface area (Å²) in [5.41, 5.74) is 1.28. The molecule has 0 saturated carbocycles. The third kappa shape index (κ3) is 8.35. The maximum Gasteiger partial charge on any atom is 0.432 e. The van der Waals surface area contributed by atoms with Crippen LogP contribution in [0, 0.1) is 0 Å². The minimum atomic E-state index is -3.36. The molecule has 0 aromatic heterocycles. The lowest BCUT2D eigenvalue weighted by molar-refractivity contribution is 0.377. The molecule has 2 aromatic rings. The van der Waals surface area contributed by atoms with Crippen molar-refractivity contribution in [2.75, 3.05) is 0 Å².